The van der Waals surface area contributed by atoms with E-state index in [1.165, 1.54) is 5.56 Å². The number of aliphatic hydroxyl groups is 1. The van der Waals surface area contributed by atoms with Crippen molar-refractivity contribution in [2.75, 3.05) is 13.1 Å². The van der Waals surface area contributed by atoms with Crippen LogP contribution in [-0.2, 0) is 5.60 Å². The third kappa shape index (κ3) is 1.75. The predicted octanol–water partition coefficient (Wildman–Crippen LogP) is 2.84. The van der Waals surface area contributed by atoms with Crippen LogP contribution in [0.3, 0.4) is 0 Å². The second kappa shape index (κ2) is 4.60. The number of nitrogens with zero attached hydrogens (tertiary/aromatic N) is 1. The molecule has 98 valence electrons. The zero-order chi connectivity index (χ0) is 12.0. The van der Waals surface area contributed by atoms with Crippen LogP contribution >= 0.6 is 12.4 Å². The molecule has 0 saturated carbocycles. The van der Waals surface area contributed by atoms with Gasteiger partial charge in [0.2, 0.25) is 0 Å². The van der Waals surface area contributed by atoms with Crippen LogP contribution in [0.15, 0.2) is 36.5 Å². The molecule has 0 radical (unpaired) electrons. The summed E-state index contributed by atoms with van der Waals surface area (Å²) < 4.78 is 0. The highest BCUT2D eigenvalue weighted by Crippen LogP contribution is 2.48. The average molecular weight is 266 g/mol. The van der Waals surface area contributed by atoms with Gasteiger partial charge in [0.25, 0.3) is 0 Å². The fraction of sp³-hybridized carbons (Fsp3) is 0.467. The Kier molecular flexibility index (Phi) is 3.43. The Morgan fingerprint density at radius 3 is 2.56 bits per heavy atom. The molecule has 1 aromatic carbocycles. The summed E-state index contributed by atoms with van der Waals surface area (Å²) in [5, 5.41) is 11.1. The van der Waals surface area contributed by atoms with E-state index in [1.54, 1.807) is 0 Å². The Hall–Kier alpha value is -0.990. The lowest BCUT2D eigenvalue weighted by Gasteiger charge is -2.53. The van der Waals surface area contributed by atoms with Gasteiger partial charge in [0.05, 0.1) is 0 Å². The standard InChI is InChI=1S/C15H19NO.ClH/c1-11-4-3-5-14(10-11)15(17)12(2)16-8-6-13(15)7-9-16;/h3-5,10,13,17H,2,6-9H2,1H3;1H. The maximum absolute atomic E-state index is 11.1. The molecule has 3 aliphatic heterocycles. The normalized spacial score (nSPS) is 30.2. The Labute approximate surface area is 115 Å². The molecule has 3 heteroatoms. The van der Waals surface area contributed by atoms with Crippen molar-refractivity contribution in [3.8, 4) is 0 Å². The average Bonchev–Trinajstić information content (AvgIpc) is 2.36. The summed E-state index contributed by atoms with van der Waals surface area (Å²) in [5.74, 6) is 0.335. The number of aryl methyl sites for hydroxylation is 1. The van der Waals surface area contributed by atoms with E-state index < -0.39 is 5.60 Å². The number of fused-ring (bicyclic) bond motifs is 3. The number of piperidine rings is 3. The summed E-state index contributed by atoms with van der Waals surface area (Å²) in [7, 11) is 0. The molecule has 3 fully saturated rings. The van der Waals surface area contributed by atoms with Crippen LogP contribution in [0.1, 0.15) is 24.0 Å². The number of hydrogen-bond acceptors (Lipinski definition) is 2. The lowest BCUT2D eigenvalue weighted by molar-refractivity contribution is -0.0760. The number of halogens is 1. The third-order valence-electron chi connectivity index (χ3n) is 4.37. The van der Waals surface area contributed by atoms with Crippen molar-refractivity contribution in [3.63, 3.8) is 0 Å². The monoisotopic (exact) mass is 265 g/mol. The maximum Gasteiger partial charge on any atom is 0.131 e. The summed E-state index contributed by atoms with van der Waals surface area (Å²) in [6.45, 7) is 8.30. The molecule has 1 aromatic rings. The number of rotatable bonds is 1. The molecular weight excluding hydrogens is 246 g/mol. The fourth-order valence-electron chi connectivity index (χ4n) is 3.33. The van der Waals surface area contributed by atoms with Crippen molar-refractivity contribution < 1.29 is 5.11 Å². The highest BCUT2D eigenvalue weighted by atomic mass is 35.5. The summed E-state index contributed by atoms with van der Waals surface area (Å²) in [6.07, 6.45) is 2.15. The molecule has 18 heavy (non-hydrogen) atoms. The highest BCUT2D eigenvalue weighted by molar-refractivity contribution is 5.85. The molecule has 3 aliphatic rings. The molecule has 0 aromatic heterocycles. The first-order chi connectivity index (χ1) is 8.12. The van der Waals surface area contributed by atoms with Crippen molar-refractivity contribution in [1.82, 2.24) is 4.90 Å². The Morgan fingerprint density at radius 2 is 2.00 bits per heavy atom. The largest absolute Gasteiger partial charge is 0.379 e. The lowest BCUT2D eigenvalue weighted by Crippen LogP contribution is -2.54. The van der Waals surface area contributed by atoms with E-state index in [0.717, 1.165) is 37.2 Å². The molecule has 0 amide bonds. The van der Waals surface area contributed by atoms with Gasteiger partial charge in [-0.2, -0.15) is 0 Å². The van der Waals surface area contributed by atoms with Crippen LogP contribution in [0.5, 0.6) is 0 Å². The smallest absolute Gasteiger partial charge is 0.131 e. The van der Waals surface area contributed by atoms with Gasteiger partial charge in [-0.1, -0.05) is 36.4 Å². The molecule has 3 saturated heterocycles. The van der Waals surface area contributed by atoms with Crippen molar-refractivity contribution in [3.05, 3.63) is 47.7 Å². The lowest BCUT2D eigenvalue weighted by atomic mass is 9.69. The molecule has 0 aliphatic carbocycles. The third-order valence-corrected chi connectivity index (χ3v) is 4.37. The Bertz CT molecular complexity index is 465. The van der Waals surface area contributed by atoms with Gasteiger partial charge < -0.3 is 10.0 Å². The zero-order valence-corrected chi connectivity index (χ0v) is 11.5. The quantitative estimate of drug-likeness (QED) is 0.844. The van der Waals surface area contributed by atoms with Crippen LogP contribution in [0.4, 0.5) is 0 Å². The first kappa shape index (κ1) is 13.4. The molecule has 4 rings (SSSR count). The molecule has 1 unspecified atom stereocenters. The fourth-order valence-corrected chi connectivity index (χ4v) is 3.33. The minimum absolute atomic E-state index is 0. The second-order valence-corrected chi connectivity index (χ2v) is 5.34. The molecule has 2 nitrogen and oxygen atoms in total. The minimum Gasteiger partial charge on any atom is -0.379 e. The van der Waals surface area contributed by atoms with Gasteiger partial charge in [0.15, 0.2) is 0 Å². The van der Waals surface area contributed by atoms with E-state index in [-0.39, 0.29) is 12.4 Å². The van der Waals surface area contributed by atoms with Gasteiger partial charge in [-0.05, 0) is 25.3 Å². The molecule has 1 N–H and O–H groups in total. The number of benzene rings is 1. The van der Waals surface area contributed by atoms with Gasteiger partial charge in [0, 0.05) is 24.7 Å². The molecular formula is C15H20ClNO. The van der Waals surface area contributed by atoms with E-state index in [4.69, 9.17) is 0 Å². The molecule has 1 atom stereocenters. The van der Waals surface area contributed by atoms with Crippen LogP contribution < -0.4 is 0 Å². The van der Waals surface area contributed by atoms with Crippen LogP contribution in [0.25, 0.3) is 0 Å². The minimum atomic E-state index is -0.831. The number of hydrogen-bond donors (Lipinski definition) is 1. The van der Waals surface area contributed by atoms with Gasteiger partial charge in [-0.25, -0.2) is 0 Å². The van der Waals surface area contributed by atoms with Crippen LogP contribution in [0, 0.1) is 12.8 Å². The highest BCUT2D eigenvalue weighted by Gasteiger charge is 2.49. The second-order valence-electron chi connectivity index (χ2n) is 5.34. The van der Waals surface area contributed by atoms with Crippen molar-refractivity contribution in [1.29, 1.82) is 0 Å². The Balaban J connectivity index is 0.00000120. The van der Waals surface area contributed by atoms with E-state index in [0.29, 0.717) is 5.92 Å². The van der Waals surface area contributed by atoms with E-state index >= 15 is 0 Å². The van der Waals surface area contributed by atoms with E-state index in [1.807, 2.05) is 12.1 Å². The SMILES string of the molecule is C=C1N2CCC(CC2)C1(O)c1cccc(C)c1.Cl. The van der Waals surface area contributed by atoms with E-state index in [2.05, 4.69) is 30.5 Å². The summed E-state index contributed by atoms with van der Waals surface area (Å²) in [5.41, 5.74) is 2.27. The van der Waals surface area contributed by atoms with Gasteiger partial charge >= 0.3 is 0 Å². The van der Waals surface area contributed by atoms with Gasteiger partial charge in [0.1, 0.15) is 5.60 Å². The van der Waals surface area contributed by atoms with Crippen LogP contribution in [-0.4, -0.2) is 23.1 Å². The first-order valence-electron chi connectivity index (χ1n) is 6.36. The summed E-state index contributed by atoms with van der Waals surface area (Å²) >= 11 is 0. The topological polar surface area (TPSA) is 23.5 Å². The van der Waals surface area contributed by atoms with Crippen molar-refractivity contribution >= 4 is 12.4 Å². The summed E-state index contributed by atoms with van der Waals surface area (Å²) in [6, 6.07) is 8.21. The van der Waals surface area contributed by atoms with Gasteiger partial charge in [-0.3, -0.25) is 0 Å². The molecule has 0 spiro atoms. The maximum atomic E-state index is 11.1. The van der Waals surface area contributed by atoms with E-state index in [9.17, 15) is 5.11 Å². The molecule has 3 heterocycles. The molecule has 2 bridgehead atoms. The van der Waals surface area contributed by atoms with Crippen molar-refractivity contribution in [2.45, 2.75) is 25.4 Å². The summed E-state index contributed by atoms with van der Waals surface area (Å²) in [4.78, 5) is 2.24. The predicted molar refractivity (Wildman–Crippen MR) is 75.8 cm³/mol. The van der Waals surface area contributed by atoms with Crippen LogP contribution in [0.2, 0.25) is 0 Å². The first-order valence-corrected chi connectivity index (χ1v) is 6.36. The zero-order valence-electron chi connectivity index (χ0n) is 10.7. The van der Waals surface area contributed by atoms with Crippen molar-refractivity contribution in [2.24, 2.45) is 5.92 Å². The Morgan fingerprint density at radius 1 is 1.33 bits per heavy atom. The van der Waals surface area contributed by atoms with Gasteiger partial charge in [-0.15, -0.1) is 12.4 Å².